The molecule has 11 nitrogen and oxygen atoms in total. The number of carbonyl (C=O) groups is 2. The lowest BCUT2D eigenvalue weighted by Crippen LogP contribution is -2.47. The van der Waals surface area contributed by atoms with Gasteiger partial charge in [0.15, 0.2) is 0 Å². The zero-order valence-electron chi connectivity index (χ0n) is 30.6. The third-order valence-corrected chi connectivity index (χ3v) is 8.99. The molecular formula is C40H44F2N6O5. The van der Waals surface area contributed by atoms with Crippen molar-refractivity contribution in [3.8, 4) is 22.5 Å². The van der Waals surface area contributed by atoms with E-state index in [0.29, 0.717) is 59.7 Å². The number of alkyl carbamates (subject to hydrolysis) is 1. The van der Waals surface area contributed by atoms with Gasteiger partial charge in [-0.05, 0) is 94.1 Å². The Morgan fingerprint density at radius 3 is 2.49 bits per heavy atom. The first kappa shape index (κ1) is 37.5. The topological polar surface area (TPSA) is 142 Å². The fraction of sp³-hybridized carbons (Fsp3) is 0.350. The predicted molar refractivity (Wildman–Crippen MR) is 198 cm³/mol. The van der Waals surface area contributed by atoms with Crippen molar-refractivity contribution in [2.24, 2.45) is 0 Å². The van der Waals surface area contributed by atoms with Gasteiger partial charge in [0.2, 0.25) is 0 Å². The summed E-state index contributed by atoms with van der Waals surface area (Å²) in [5, 5.41) is 16.3. The van der Waals surface area contributed by atoms with E-state index in [9.17, 15) is 19.1 Å². The van der Waals surface area contributed by atoms with Gasteiger partial charge in [0, 0.05) is 48.5 Å². The van der Waals surface area contributed by atoms with Gasteiger partial charge in [-0.25, -0.2) is 23.5 Å². The van der Waals surface area contributed by atoms with Crippen molar-refractivity contribution in [3.63, 3.8) is 0 Å². The standard InChI is InChI=1S/C40H44F2N6O5/c1-23-30(16-27(41)17-33(23)47-37(49)29-12-11-26(15-32(29)42)40(5,6)51)35-31-18-34(46-36(31)45-22-44-35)25-9-7-24(8-10-25)20-48-13-14-52-28(21-48)19-43-38(50)53-39(2,3)4/h7-12,15-18,22,28,51H,13-14,19-21H2,1-6H3,(H,43,50)(H,47,49)(H,44,45,46). The summed E-state index contributed by atoms with van der Waals surface area (Å²) in [6.45, 7) is 13.3. The lowest BCUT2D eigenvalue weighted by molar-refractivity contribution is -0.0313. The molecule has 0 saturated carbocycles. The molecule has 6 rings (SSSR count). The number of rotatable bonds is 9. The maximum Gasteiger partial charge on any atom is 0.407 e. The molecule has 1 unspecified atom stereocenters. The van der Waals surface area contributed by atoms with Crippen molar-refractivity contribution in [2.45, 2.75) is 65.4 Å². The van der Waals surface area contributed by atoms with Crippen molar-refractivity contribution in [2.75, 3.05) is 31.6 Å². The van der Waals surface area contributed by atoms with Crippen LogP contribution < -0.4 is 10.6 Å². The minimum Gasteiger partial charge on any atom is -0.444 e. The van der Waals surface area contributed by atoms with Crippen LogP contribution >= 0.6 is 0 Å². The van der Waals surface area contributed by atoms with Gasteiger partial charge in [-0.2, -0.15) is 0 Å². The van der Waals surface area contributed by atoms with E-state index in [0.717, 1.165) is 29.4 Å². The molecule has 53 heavy (non-hydrogen) atoms. The number of fused-ring (bicyclic) bond motifs is 1. The van der Waals surface area contributed by atoms with E-state index in [1.807, 2.05) is 39.0 Å². The molecule has 1 saturated heterocycles. The number of nitrogens with one attached hydrogen (secondary N) is 3. The average Bonchev–Trinajstić information content (AvgIpc) is 3.53. The summed E-state index contributed by atoms with van der Waals surface area (Å²) in [6, 6.07) is 16.5. The Hall–Kier alpha value is -5.24. The van der Waals surface area contributed by atoms with E-state index < -0.39 is 34.8 Å². The smallest absolute Gasteiger partial charge is 0.407 e. The summed E-state index contributed by atoms with van der Waals surface area (Å²) in [7, 11) is 0. The van der Waals surface area contributed by atoms with Crippen LogP contribution in [-0.2, 0) is 21.6 Å². The summed E-state index contributed by atoms with van der Waals surface area (Å²) >= 11 is 0. The highest BCUT2D eigenvalue weighted by Crippen LogP contribution is 2.35. The molecule has 0 aliphatic carbocycles. The molecule has 1 atom stereocenters. The quantitative estimate of drug-likeness (QED) is 0.126. The van der Waals surface area contributed by atoms with Crippen LogP contribution in [0.3, 0.4) is 0 Å². The zero-order valence-corrected chi connectivity index (χ0v) is 30.6. The minimum atomic E-state index is -1.28. The van der Waals surface area contributed by atoms with E-state index in [-0.39, 0.29) is 17.4 Å². The second-order valence-corrected chi connectivity index (χ2v) is 14.8. The van der Waals surface area contributed by atoms with Crippen molar-refractivity contribution < 1.29 is 33.0 Å². The molecule has 0 spiro atoms. The van der Waals surface area contributed by atoms with Crippen LogP contribution in [0.5, 0.6) is 0 Å². The third-order valence-electron chi connectivity index (χ3n) is 8.99. The van der Waals surface area contributed by atoms with Crippen LogP contribution in [0.2, 0.25) is 0 Å². The number of aromatic nitrogens is 3. The van der Waals surface area contributed by atoms with Gasteiger partial charge in [0.25, 0.3) is 5.91 Å². The molecule has 2 amide bonds. The molecule has 1 aliphatic heterocycles. The fourth-order valence-electron chi connectivity index (χ4n) is 6.24. The maximum absolute atomic E-state index is 15.1. The van der Waals surface area contributed by atoms with Crippen LogP contribution in [0, 0.1) is 18.6 Å². The monoisotopic (exact) mass is 726 g/mol. The van der Waals surface area contributed by atoms with Crippen molar-refractivity contribution in [1.29, 1.82) is 0 Å². The number of morpholine rings is 1. The van der Waals surface area contributed by atoms with Crippen molar-refractivity contribution in [1.82, 2.24) is 25.2 Å². The van der Waals surface area contributed by atoms with E-state index in [1.54, 1.807) is 6.92 Å². The molecular weight excluding hydrogens is 682 g/mol. The second-order valence-electron chi connectivity index (χ2n) is 14.8. The number of benzene rings is 3. The van der Waals surface area contributed by atoms with E-state index in [2.05, 4.69) is 42.6 Å². The SMILES string of the molecule is Cc1c(NC(=O)c2ccc(C(C)(C)O)cc2F)cc(F)cc1-c1ncnc2[nH]c(-c3ccc(CN4CCOC(CNC(=O)OC(C)(C)C)C4)cc3)cc12. The first-order valence-electron chi connectivity index (χ1n) is 17.4. The Morgan fingerprint density at radius 1 is 1.04 bits per heavy atom. The van der Waals surface area contributed by atoms with Crippen LogP contribution in [0.25, 0.3) is 33.5 Å². The van der Waals surface area contributed by atoms with Gasteiger partial charge in [-0.3, -0.25) is 9.69 Å². The molecule has 0 radical (unpaired) electrons. The highest BCUT2D eigenvalue weighted by Gasteiger charge is 2.24. The molecule has 1 aliphatic rings. The van der Waals surface area contributed by atoms with Crippen LogP contribution in [0.15, 0.2) is 67.0 Å². The first-order chi connectivity index (χ1) is 25.0. The Kier molecular flexibility index (Phi) is 10.6. The summed E-state index contributed by atoms with van der Waals surface area (Å²) < 4.78 is 41.2. The Balaban J connectivity index is 1.16. The molecule has 3 heterocycles. The number of aromatic amines is 1. The fourth-order valence-corrected chi connectivity index (χ4v) is 6.24. The first-order valence-corrected chi connectivity index (χ1v) is 17.4. The Bertz CT molecular complexity index is 2140. The summed E-state index contributed by atoms with van der Waals surface area (Å²) in [4.78, 5) is 39.7. The average molecular weight is 727 g/mol. The number of hydrogen-bond donors (Lipinski definition) is 4. The number of hydrogen-bond acceptors (Lipinski definition) is 8. The molecule has 4 N–H and O–H groups in total. The van der Waals surface area contributed by atoms with Gasteiger partial charge in [0.05, 0.1) is 29.6 Å². The van der Waals surface area contributed by atoms with Gasteiger partial charge in [-0.1, -0.05) is 30.3 Å². The summed E-state index contributed by atoms with van der Waals surface area (Å²) in [5.41, 5.74) is 3.21. The van der Waals surface area contributed by atoms with Gasteiger partial charge in [-0.15, -0.1) is 0 Å². The predicted octanol–water partition coefficient (Wildman–Crippen LogP) is 7.08. The number of nitrogens with zero attached hydrogens (tertiary/aromatic N) is 3. The van der Waals surface area contributed by atoms with E-state index >= 15 is 4.39 Å². The highest BCUT2D eigenvalue weighted by molar-refractivity contribution is 6.06. The number of carbonyl (C=O) groups excluding carboxylic acids is 2. The van der Waals surface area contributed by atoms with Gasteiger partial charge in [0.1, 0.15) is 29.2 Å². The van der Waals surface area contributed by atoms with Crippen LogP contribution in [0.4, 0.5) is 19.3 Å². The summed E-state index contributed by atoms with van der Waals surface area (Å²) in [5.74, 6) is -2.17. The lowest BCUT2D eigenvalue weighted by atomic mass is 9.96. The Labute approximate surface area is 306 Å². The minimum absolute atomic E-state index is 0.146. The molecule has 2 aromatic heterocycles. The van der Waals surface area contributed by atoms with Crippen LogP contribution in [-0.4, -0.2) is 74.9 Å². The van der Waals surface area contributed by atoms with Gasteiger partial charge >= 0.3 is 6.09 Å². The molecule has 13 heteroatoms. The number of anilines is 1. The largest absolute Gasteiger partial charge is 0.444 e. The van der Waals surface area contributed by atoms with E-state index in [1.165, 1.54) is 44.4 Å². The Morgan fingerprint density at radius 2 is 1.79 bits per heavy atom. The lowest BCUT2D eigenvalue weighted by Gasteiger charge is -2.33. The van der Waals surface area contributed by atoms with Gasteiger partial charge < -0.3 is 30.2 Å². The van der Waals surface area contributed by atoms with Crippen molar-refractivity contribution >= 4 is 28.7 Å². The number of aliphatic hydroxyl groups is 1. The number of halogens is 2. The number of H-pyrrole nitrogens is 1. The summed E-state index contributed by atoms with van der Waals surface area (Å²) in [6.07, 6.45) is 0.780. The highest BCUT2D eigenvalue weighted by atomic mass is 19.1. The number of amides is 2. The molecule has 3 aromatic carbocycles. The van der Waals surface area contributed by atoms with Crippen LogP contribution in [0.1, 0.15) is 61.7 Å². The molecule has 278 valence electrons. The molecule has 0 bridgehead atoms. The molecule has 1 fully saturated rings. The maximum atomic E-state index is 15.1. The molecule has 5 aromatic rings. The third kappa shape index (κ3) is 9.05. The second kappa shape index (κ2) is 15.0. The van der Waals surface area contributed by atoms with Crippen molar-refractivity contribution in [3.05, 3.63) is 101 Å². The van der Waals surface area contributed by atoms with E-state index in [4.69, 9.17) is 9.47 Å². The number of ether oxygens (including phenoxy) is 2. The normalized spacial score (nSPS) is 15.4. The zero-order chi connectivity index (χ0) is 38.1.